The predicted molar refractivity (Wildman–Crippen MR) is 192 cm³/mol. The van der Waals surface area contributed by atoms with Crippen molar-refractivity contribution < 1.29 is 23.8 Å². The molecule has 49 heavy (non-hydrogen) atoms. The van der Waals surface area contributed by atoms with Crippen LogP contribution in [0.25, 0.3) is 0 Å². The van der Waals surface area contributed by atoms with Crippen molar-refractivity contribution in [3.8, 4) is 17.2 Å². The van der Waals surface area contributed by atoms with E-state index < -0.39 is 5.97 Å². The fourth-order valence-corrected chi connectivity index (χ4v) is 6.33. The van der Waals surface area contributed by atoms with E-state index in [1.54, 1.807) is 24.3 Å². The number of para-hydroxylation sites is 1. The quantitative estimate of drug-likeness (QED) is 0.128. The second kappa shape index (κ2) is 16.6. The molecule has 1 amide bonds. The van der Waals surface area contributed by atoms with Gasteiger partial charge in [-0.2, -0.15) is 0 Å². The van der Waals surface area contributed by atoms with Crippen LogP contribution in [0.4, 0.5) is 5.69 Å². The van der Waals surface area contributed by atoms with Gasteiger partial charge in [-0.1, -0.05) is 84.9 Å². The van der Waals surface area contributed by atoms with Crippen molar-refractivity contribution in [1.82, 2.24) is 4.90 Å². The molecular formula is C42H42N2O5. The Morgan fingerprint density at radius 2 is 1.16 bits per heavy atom. The van der Waals surface area contributed by atoms with E-state index in [-0.39, 0.29) is 18.4 Å². The number of anilines is 1. The van der Waals surface area contributed by atoms with E-state index >= 15 is 0 Å². The molecule has 6 rings (SSSR count). The lowest BCUT2D eigenvalue weighted by Crippen LogP contribution is -2.39. The SMILES string of the molecule is COC(=O)c1ccccc1NC(=O)Cc1ccc(Oc2ccc(OC3CCC(N(Cc4ccccc4)Cc4ccccc4)CC3)cc2)cc1. The van der Waals surface area contributed by atoms with Crippen LogP contribution in [-0.4, -0.2) is 36.0 Å². The first-order valence-electron chi connectivity index (χ1n) is 16.8. The molecule has 7 heteroatoms. The maximum atomic E-state index is 12.7. The summed E-state index contributed by atoms with van der Waals surface area (Å²) in [5, 5.41) is 2.80. The van der Waals surface area contributed by atoms with Crippen molar-refractivity contribution in [2.45, 2.75) is 57.3 Å². The molecule has 0 bridgehead atoms. The first kappa shape index (κ1) is 33.5. The van der Waals surface area contributed by atoms with Crippen LogP contribution in [0, 0.1) is 0 Å². The molecule has 1 fully saturated rings. The molecule has 1 aliphatic carbocycles. The number of carbonyl (C=O) groups excluding carboxylic acids is 2. The molecule has 0 atom stereocenters. The minimum atomic E-state index is -0.500. The van der Waals surface area contributed by atoms with Crippen LogP contribution in [0.2, 0.25) is 0 Å². The van der Waals surface area contributed by atoms with E-state index in [0.29, 0.717) is 28.8 Å². The monoisotopic (exact) mass is 654 g/mol. The molecule has 0 aromatic heterocycles. The van der Waals surface area contributed by atoms with E-state index in [9.17, 15) is 9.59 Å². The third kappa shape index (κ3) is 9.58. The Balaban J connectivity index is 0.975. The lowest BCUT2D eigenvalue weighted by Gasteiger charge is -2.37. The van der Waals surface area contributed by atoms with Gasteiger partial charge in [0.15, 0.2) is 0 Å². The minimum absolute atomic E-state index is 0.155. The van der Waals surface area contributed by atoms with Crippen LogP contribution in [0.1, 0.15) is 52.7 Å². The van der Waals surface area contributed by atoms with Gasteiger partial charge in [-0.05, 0) is 90.9 Å². The Bertz CT molecular complexity index is 1740. The molecule has 0 unspecified atom stereocenters. The standard InChI is InChI=1S/C42H42N2O5/c1-47-42(46)39-14-8-9-15-40(39)43-41(45)28-31-16-20-35(21-17-31)48-37-24-26-38(27-25-37)49-36-22-18-34(19-23-36)44(29-32-10-4-2-5-11-32)30-33-12-6-3-7-13-33/h2-17,20-21,24-27,34,36H,18-19,22-23,28-30H2,1H3,(H,43,45). The zero-order valence-electron chi connectivity index (χ0n) is 27.8. The number of nitrogens with zero attached hydrogens (tertiary/aromatic N) is 1. The Morgan fingerprint density at radius 1 is 0.633 bits per heavy atom. The molecule has 5 aromatic carbocycles. The van der Waals surface area contributed by atoms with Crippen LogP contribution >= 0.6 is 0 Å². The highest BCUT2D eigenvalue weighted by molar-refractivity contribution is 6.01. The minimum Gasteiger partial charge on any atom is -0.490 e. The fourth-order valence-electron chi connectivity index (χ4n) is 6.33. The highest BCUT2D eigenvalue weighted by Gasteiger charge is 2.27. The number of amides is 1. The van der Waals surface area contributed by atoms with Crippen molar-refractivity contribution in [3.63, 3.8) is 0 Å². The summed E-state index contributed by atoms with van der Waals surface area (Å²) >= 11 is 0. The number of nitrogens with one attached hydrogen (secondary N) is 1. The van der Waals surface area contributed by atoms with Gasteiger partial charge in [0, 0.05) is 19.1 Å². The Kier molecular flexibility index (Phi) is 11.4. The molecule has 1 N–H and O–H groups in total. The maximum absolute atomic E-state index is 12.7. The van der Waals surface area contributed by atoms with Crippen LogP contribution in [0.15, 0.2) is 133 Å². The molecule has 1 aliphatic rings. The van der Waals surface area contributed by atoms with E-state index in [4.69, 9.17) is 14.2 Å². The van der Waals surface area contributed by atoms with E-state index in [0.717, 1.165) is 50.1 Å². The van der Waals surface area contributed by atoms with Crippen molar-refractivity contribution in [2.75, 3.05) is 12.4 Å². The molecule has 0 saturated heterocycles. The number of hydrogen-bond donors (Lipinski definition) is 1. The number of ether oxygens (including phenoxy) is 3. The van der Waals surface area contributed by atoms with Gasteiger partial charge in [-0.3, -0.25) is 9.69 Å². The number of esters is 1. The third-order valence-corrected chi connectivity index (χ3v) is 8.87. The third-order valence-electron chi connectivity index (χ3n) is 8.87. The van der Waals surface area contributed by atoms with Gasteiger partial charge in [0.25, 0.3) is 0 Å². The molecule has 0 radical (unpaired) electrons. The molecule has 250 valence electrons. The van der Waals surface area contributed by atoms with Crippen LogP contribution < -0.4 is 14.8 Å². The average molecular weight is 655 g/mol. The van der Waals surface area contributed by atoms with Crippen LogP contribution in [0.3, 0.4) is 0 Å². The van der Waals surface area contributed by atoms with Gasteiger partial charge in [0.2, 0.25) is 5.91 Å². The molecule has 5 aromatic rings. The van der Waals surface area contributed by atoms with Crippen molar-refractivity contribution >= 4 is 17.6 Å². The molecule has 0 spiro atoms. The van der Waals surface area contributed by atoms with E-state index in [2.05, 4.69) is 70.9 Å². The van der Waals surface area contributed by atoms with E-state index in [1.165, 1.54) is 18.2 Å². The predicted octanol–water partition coefficient (Wildman–Crippen LogP) is 8.84. The summed E-state index contributed by atoms with van der Waals surface area (Å²) in [5.74, 6) is 1.49. The number of methoxy groups -OCH3 is 1. The second-order valence-corrected chi connectivity index (χ2v) is 12.4. The normalized spacial score (nSPS) is 15.7. The van der Waals surface area contributed by atoms with Gasteiger partial charge in [0.05, 0.1) is 30.9 Å². The Morgan fingerprint density at radius 3 is 1.76 bits per heavy atom. The van der Waals surface area contributed by atoms with Crippen molar-refractivity contribution in [2.24, 2.45) is 0 Å². The summed E-state index contributed by atoms with van der Waals surface area (Å²) in [6.45, 7) is 1.89. The van der Waals surface area contributed by atoms with E-state index in [1.807, 2.05) is 48.5 Å². The summed E-state index contributed by atoms with van der Waals surface area (Å²) in [5.41, 5.74) is 4.24. The summed E-state index contributed by atoms with van der Waals surface area (Å²) in [6, 6.07) is 43.9. The Hall–Kier alpha value is -5.40. The lowest BCUT2D eigenvalue weighted by molar-refractivity contribution is -0.115. The summed E-state index contributed by atoms with van der Waals surface area (Å²) in [4.78, 5) is 27.3. The largest absolute Gasteiger partial charge is 0.490 e. The molecular weight excluding hydrogens is 612 g/mol. The number of benzene rings is 5. The fraction of sp³-hybridized carbons (Fsp3) is 0.238. The highest BCUT2D eigenvalue weighted by Crippen LogP contribution is 2.30. The smallest absolute Gasteiger partial charge is 0.339 e. The van der Waals surface area contributed by atoms with Crippen molar-refractivity contribution in [3.05, 3.63) is 156 Å². The molecule has 1 saturated carbocycles. The number of rotatable bonds is 13. The summed E-state index contributed by atoms with van der Waals surface area (Å²) < 4.78 is 17.3. The maximum Gasteiger partial charge on any atom is 0.339 e. The van der Waals surface area contributed by atoms with Crippen molar-refractivity contribution in [1.29, 1.82) is 0 Å². The Labute approximate surface area is 288 Å². The molecule has 0 heterocycles. The van der Waals surface area contributed by atoms with Gasteiger partial charge in [-0.25, -0.2) is 4.79 Å². The zero-order chi connectivity index (χ0) is 33.8. The number of hydrogen-bond acceptors (Lipinski definition) is 6. The summed E-state index contributed by atoms with van der Waals surface area (Å²) in [7, 11) is 1.31. The summed E-state index contributed by atoms with van der Waals surface area (Å²) in [6.07, 6.45) is 4.59. The van der Waals surface area contributed by atoms with Gasteiger partial charge in [0.1, 0.15) is 17.2 Å². The average Bonchev–Trinajstić information content (AvgIpc) is 3.14. The topological polar surface area (TPSA) is 77.1 Å². The first-order valence-corrected chi connectivity index (χ1v) is 16.8. The molecule has 0 aliphatic heterocycles. The number of carbonyl (C=O) groups is 2. The molecule has 7 nitrogen and oxygen atoms in total. The van der Waals surface area contributed by atoms with Crippen LogP contribution in [0.5, 0.6) is 17.2 Å². The zero-order valence-corrected chi connectivity index (χ0v) is 27.8. The van der Waals surface area contributed by atoms with Gasteiger partial charge < -0.3 is 19.5 Å². The highest BCUT2D eigenvalue weighted by atomic mass is 16.5. The first-order chi connectivity index (χ1) is 24.0. The van der Waals surface area contributed by atoms with Crippen LogP contribution in [-0.2, 0) is 29.0 Å². The van der Waals surface area contributed by atoms with Gasteiger partial charge in [-0.15, -0.1) is 0 Å². The van der Waals surface area contributed by atoms with Gasteiger partial charge >= 0.3 is 5.97 Å². The lowest BCUT2D eigenvalue weighted by atomic mass is 9.91. The second-order valence-electron chi connectivity index (χ2n) is 12.4.